The molecule has 0 heterocycles. The van der Waals surface area contributed by atoms with E-state index in [2.05, 4.69) is 13.8 Å². The molecule has 0 bridgehead atoms. The first-order valence-electron chi connectivity index (χ1n) is 6.51. The van der Waals surface area contributed by atoms with Crippen molar-refractivity contribution in [2.45, 2.75) is 71.8 Å². The zero-order valence-corrected chi connectivity index (χ0v) is 12.4. The summed E-state index contributed by atoms with van der Waals surface area (Å²) in [5.41, 5.74) is -0.718. The molecule has 2 unspecified atom stereocenters. The highest BCUT2D eigenvalue weighted by Gasteiger charge is 2.37. The molecule has 0 aliphatic carbocycles. The van der Waals surface area contributed by atoms with Crippen molar-refractivity contribution in [3.63, 3.8) is 0 Å². The maximum Gasteiger partial charge on any atom is 0.470 e. The summed E-state index contributed by atoms with van der Waals surface area (Å²) < 4.78 is 16.1. The second-order valence-electron chi connectivity index (χ2n) is 5.04. The lowest BCUT2D eigenvalue weighted by Gasteiger charge is -2.35. The summed E-state index contributed by atoms with van der Waals surface area (Å²) in [6.45, 7) is 8.01. The van der Waals surface area contributed by atoms with Crippen molar-refractivity contribution < 1.29 is 18.9 Å². The Balaban J connectivity index is 4.63. The van der Waals surface area contributed by atoms with Crippen molar-refractivity contribution in [3.8, 4) is 0 Å². The third-order valence-corrected chi connectivity index (χ3v) is 4.04. The molecule has 0 aromatic rings. The summed E-state index contributed by atoms with van der Waals surface area (Å²) in [5.74, 6) is 0.154. The van der Waals surface area contributed by atoms with Crippen LogP contribution in [0.4, 0.5) is 0 Å². The topological polar surface area (TPSA) is 66.8 Å². The average Bonchev–Trinajstić information content (AvgIpc) is 2.20. The number of hydrogen-bond acceptors (Lipinski definition) is 2. The van der Waals surface area contributed by atoms with E-state index in [1.165, 1.54) is 0 Å². The zero-order chi connectivity index (χ0) is 13.5. The van der Waals surface area contributed by atoms with Gasteiger partial charge in [0.05, 0.1) is 5.60 Å². The molecule has 5 heteroatoms. The molecule has 0 aliphatic rings. The predicted molar refractivity (Wildman–Crippen MR) is 69.7 cm³/mol. The van der Waals surface area contributed by atoms with Gasteiger partial charge in [0.1, 0.15) is 0 Å². The Morgan fingerprint density at radius 1 is 1.24 bits per heavy atom. The maximum absolute atomic E-state index is 11.1. The standard InChI is InChI=1S/C12H27O4P/c1-5-7-9-11(3)12(4,10-8-6-2)16-17(13,14)15/h11H,5-10H2,1-4H3,(H2,13,14,15). The number of hydrogen-bond donors (Lipinski definition) is 2. The van der Waals surface area contributed by atoms with Gasteiger partial charge < -0.3 is 9.79 Å². The zero-order valence-electron chi connectivity index (χ0n) is 11.5. The van der Waals surface area contributed by atoms with E-state index in [4.69, 9.17) is 14.3 Å². The Bertz CT molecular complexity index is 251. The first kappa shape index (κ1) is 17.1. The molecule has 0 rings (SSSR count). The van der Waals surface area contributed by atoms with E-state index in [1.54, 1.807) is 0 Å². The lowest BCUT2D eigenvalue weighted by atomic mass is 9.83. The second-order valence-corrected chi connectivity index (χ2v) is 6.21. The van der Waals surface area contributed by atoms with Crippen molar-refractivity contribution in [2.75, 3.05) is 0 Å². The van der Waals surface area contributed by atoms with Gasteiger partial charge in [0.2, 0.25) is 0 Å². The number of rotatable bonds is 9. The molecule has 4 nitrogen and oxygen atoms in total. The van der Waals surface area contributed by atoms with Gasteiger partial charge in [-0.2, -0.15) is 0 Å². The molecule has 2 N–H and O–H groups in total. The summed E-state index contributed by atoms with van der Waals surface area (Å²) in [6.07, 6.45) is 5.71. The average molecular weight is 266 g/mol. The van der Waals surface area contributed by atoms with Crippen molar-refractivity contribution in [3.05, 3.63) is 0 Å². The van der Waals surface area contributed by atoms with Crippen LogP contribution < -0.4 is 0 Å². The van der Waals surface area contributed by atoms with Gasteiger partial charge in [-0.15, -0.1) is 0 Å². The molecular weight excluding hydrogens is 239 g/mol. The summed E-state index contributed by atoms with van der Waals surface area (Å²) in [6, 6.07) is 0. The van der Waals surface area contributed by atoms with Crippen molar-refractivity contribution >= 4 is 7.82 Å². The highest BCUT2D eigenvalue weighted by atomic mass is 31.2. The largest absolute Gasteiger partial charge is 0.470 e. The molecule has 0 fully saturated rings. The van der Waals surface area contributed by atoms with Gasteiger partial charge in [0.15, 0.2) is 0 Å². The lowest BCUT2D eigenvalue weighted by Crippen LogP contribution is -2.35. The fourth-order valence-corrected chi connectivity index (χ4v) is 2.81. The van der Waals surface area contributed by atoms with Crippen LogP contribution >= 0.6 is 7.82 Å². The minimum atomic E-state index is -4.41. The van der Waals surface area contributed by atoms with E-state index < -0.39 is 13.4 Å². The fraction of sp³-hybridized carbons (Fsp3) is 1.00. The van der Waals surface area contributed by atoms with Crippen molar-refractivity contribution in [2.24, 2.45) is 5.92 Å². The van der Waals surface area contributed by atoms with E-state index in [0.717, 1.165) is 32.1 Å². The van der Waals surface area contributed by atoms with Gasteiger partial charge in [0, 0.05) is 0 Å². The van der Waals surface area contributed by atoms with Gasteiger partial charge in [-0.1, -0.05) is 46.5 Å². The van der Waals surface area contributed by atoms with Gasteiger partial charge in [0.25, 0.3) is 0 Å². The van der Waals surface area contributed by atoms with Gasteiger partial charge >= 0.3 is 7.82 Å². The first-order valence-corrected chi connectivity index (χ1v) is 8.04. The minimum Gasteiger partial charge on any atom is -0.303 e. The Labute approximate surface area is 105 Å². The molecule has 0 aromatic heterocycles. The Hall–Kier alpha value is 0.110. The minimum absolute atomic E-state index is 0.154. The molecule has 0 aliphatic heterocycles. The van der Waals surface area contributed by atoms with E-state index in [9.17, 15) is 4.57 Å². The number of phosphoric ester groups is 1. The molecule has 2 atom stereocenters. The molecule has 0 saturated carbocycles. The fourth-order valence-electron chi connectivity index (χ4n) is 2.00. The molecule has 0 spiro atoms. The third kappa shape index (κ3) is 7.20. The van der Waals surface area contributed by atoms with Crippen LogP contribution in [0.2, 0.25) is 0 Å². The van der Waals surface area contributed by atoms with Crippen LogP contribution in [0.3, 0.4) is 0 Å². The highest BCUT2D eigenvalue weighted by Crippen LogP contribution is 2.46. The Kier molecular flexibility index (Phi) is 7.57. The van der Waals surface area contributed by atoms with E-state index in [1.807, 2.05) is 13.8 Å². The maximum atomic E-state index is 11.1. The molecule has 17 heavy (non-hydrogen) atoms. The summed E-state index contributed by atoms with van der Waals surface area (Å²) in [5, 5.41) is 0. The molecule has 0 saturated heterocycles. The van der Waals surface area contributed by atoms with Crippen LogP contribution in [0.25, 0.3) is 0 Å². The van der Waals surface area contributed by atoms with E-state index >= 15 is 0 Å². The number of unbranched alkanes of at least 4 members (excludes halogenated alkanes) is 2. The SMILES string of the molecule is CCCCC(C)C(C)(CCCC)OP(=O)(O)O. The monoisotopic (exact) mass is 266 g/mol. The number of phosphoric acid groups is 1. The van der Waals surface area contributed by atoms with Crippen molar-refractivity contribution in [1.29, 1.82) is 0 Å². The first-order chi connectivity index (χ1) is 7.75. The van der Waals surface area contributed by atoms with Gasteiger partial charge in [-0.05, 0) is 25.7 Å². The van der Waals surface area contributed by atoms with E-state index in [-0.39, 0.29) is 5.92 Å². The summed E-state index contributed by atoms with van der Waals surface area (Å²) >= 11 is 0. The van der Waals surface area contributed by atoms with Crippen LogP contribution in [0.5, 0.6) is 0 Å². The highest BCUT2D eigenvalue weighted by molar-refractivity contribution is 7.46. The normalized spacial score (nSPS) is 17.8. The van der Waals surface area contributed by atoms with Crippen LogP contribution in [0.1, 0.15) is 66.2 Å². The van der Waals surface area contributed by atoms with E-state index in [0.29, 0.717) is 6.42 Å². The summed E-state index contributed by atoms with van der Waals surface area (Å²) in [7, 11) is -4.41. The lowest BCUT2D eigenvalue weighted by molar-refractivity contribution is -0.00737. The van der Waals surface area contributed by atoms with Crippen molar-refractivity contribution in [1.82, 2.24) is 0 Å². The third-order valence-electron chi connectivity index (χ3n) is 3.39. The molecular formula is C12H27O4P. The second kappa shape index (κ2) is 7.52. The summed E-state index contributed by atoms with van der Waals surface area (Å²) in [4.78, 5) is 18.0. The molecule has 0 aromatic carbocycles. The van der Waals surface area contributed by atoms with Crippen LogP contribution in [-0.4, -0.2) is 15.4 Å². The predicted octanol–water partition coefficient (Wildman–Crippen LogP) is 3.87. The molecule has 0 radical (unpaired) electrons. The van der Waals surface area contributed by atoms with Crippen LogP contribution in [-0.2, 0) is 9.09 Å². The van der Waals surface area contributed by atoms with Gasteiger partial charge in [-0.3, -0.25) is 4.52 Å². The molecule has 0 amide bonds. The van der Waals surface area contributed by atoms with Crippen LogP contribution in [0.15, 0.2) is 0 Å². The quantitative estimate of drug-likeness (QED) is 0.622. The van der Waals surface area contributed by atoms with Gasteiger partial charge in [-0.25, -0.2) is 4.57 Å². The Morgan fingerprint density at radius 2 is 1.76 bits per heavy atom. The molecule has 104 valence electrons. The van der Waals surface area contributed by atoms with Crippen LogP contribution in [0, 0.1) is 5.92 Å². The Morgan fingerprint density at radius 3 is 2.18 bits per heavy atom. The smallest absolute Gasteiger partial charge is 0.303 e.